The van der Waals surface area contributed by atoms with Gasteiger partial charge in [0.05, 0.1) is 5.69 Å². The van der Waals surface area contributed by atoms with Gasteiger partial charge in [0.25, 0.3) is 0 Å². The van der Waals surface area contributed by atoms with Gasteiger partial charge < -0.3 is 0 Å². The van der Waals surface area contributed by atoms with Crippen molar-refractivity contribution in [2.24, 2.45) is 4.99 Å². The number of benzene rings is 1. The fraction of sp³-hybridized carbons (Fsp3) is 0.154. The molecule has 14 heavy (non-hydrogen) atoms. The van der Waals surface area contributed by atoms with Gasteiger partial charge in [-0.1, -0.05) is 24.8 Å². The molecular formula is C13H15N. The van der Waals surface area contributed by atoms with Crippen LogP contribution in [0.1, 0.15) is 18.4 Å². The molecule has 0 N–H and O–H groups in total. The summed E-state index contributed by atoms with van der Waals surface area (Å²) < 4.78 is 0. The second-order valence-electron chi connectivity index (χ2n) is 3.14. The minimum absolute atomic E-state index is 0.894. The van der Waals surface area contributed by atoms with Crippen LogP contribution in [-0.2, 0) is 0 Å². The first kappa shape index (κ1) is 10.5. The normalized spacial score (nSPS) is 9.43. The summed E-state index contributed by atoms with van der Waals surface area (Å²) in [5.74, 6) is 0. The molecule has 72 valence electrons. The largest absolute Gasteiger partial charge is 0.265 e. The lowest BCUT2D eigenvalue weighted by Crippen LogP contribution is -1.81. The van der Waals surface area contributed by atoms with Crippen molar-refractivity contribution >= 4 is 18.0 Å². The van der Waals surface area contributed by atoms with Gasteiger partial charge >= 0.3 is 0 Å². The molecule has 0 heterocycles. The highest BCUT2D eigenvalue weighted by atomic mass is 14.7. The molecule has 0 bridgehead atoms. The Morgan fingerprint density at radius 1 is 1.29 bits per heavy atom. The van der Waals surface area contributed by atoms with E-state index >= 15 is 0 Å². The number of aliphatic imine (C=N–C) groups is 1. The van der Waals surface area contributed by atoms with Crippen LogP contribution in [-0.4, -0.2) is 6.72 Å². The van der Waals surface area contributed by atoms with Crippen molar-refractivity contribution in [3.05, 3.63) is 49.1 Å². The lowest BCUT2D eigenvalue weighted by atomic mass is 10.0. The molecule has 0 aliphatic heterocycles. The Balaban J connectivity index is 2.71. The quantitative estimate of drug-likeness (QED) is 0.485. The first-order valence-electron chi connectivity index (χ1n) is 4.63. The molecular weight excluding hydrogens is 170 g/mol. The van der Waals surface area contributed by atoms with Crippen molar-refractivity contribution in [1.29, 1.82) is 0 Å². The Morgan fingerprint density at radius 2 is 1.93 bits per heavy atom. The van der Waals surface area contributed by atoms with E-state index in [9.17, 15) is 0 Å². The van der Waals surface area contributed by atoms with Crippen molar-refractivity contribution in [1.82, 2.24) is 0 Å². The molecule has 1 aromatic rings. The Labute approximate surface area is 85.5 Å². The summed E-state index contributed by atoms with van der Waals surface area (Å²) in [6, 6.07) is 7.94. The molecule has 0 unspecified atom stereocenters. The Bertz CT molecular complexity index is 333. The van der Waals surface area contributed by atoms with Crippen LogP contribution in [0.4, 0.5) is 5.69 Å². The van der Waals surface area contributed by atoms with Crippen molar-refractivity contribution in [2.75, 3.05) is 0 Å². The maximum Gasteiger partial charge on any atom is 0.0622 e. The predicted molar refractivity (Wildman–Crippen MR) is 64.1 cm³/mol. The third-order valence-electron chi connectivity index (χ3n) is 2.11. The van der Waals surface area contributed by atoms with Crippen LogP contribution in [0.2, 0.25) is 0 Å². The fourth-order valence-electron chi connectivity index (χ4n) is 1.22. The first-order valence-corrected chi connectivity index (χ1v) is 4.63. The average molecular weight is 185 g/mol. The highest BCUT2D eigenvalue weighted by Gasteiger charge is 1.97. The number of allylic oxidation sites excluding steroid dienone is 2. The molecule has 0 saturated heterocycles. The Hall–Kier alpha value is -1.63. The molecule has 0 radical (unpaired) electrons. The molecule has 0 saturated carbocycles. The third kappa shape index (κ3) is 2.70. The summed E-state index contributed by atoms with van der Waals surface area (Å²) in [4.78, 5) is 3.84. The van der Waals surface area contributed by atoms with Crippen molar-refractivity contribution in [3.63, 3.8) is 0 Å². The third-order valence-corrected chi connectivity index (χ3v) is 2.11. The van der Waals surface area contributed by atoms with E-state index in [0.29, 0.717) is 0 Å². The van der Waals surface area contributed by atoms with Crippen LogP contribution in [0.25, 0.3) is 5.57 Å². The van der Waals surface area contributed by atoms with E-state index in [-0.39, 0.29) is 0 Å². The standard InChI is InChI=1S/C13H15N/c1-4-5-6-11(2)12-7-9-13(14-3)10-8-12/h4,7-10H,1-3,5-6H2. The van der Waals surface area contributed by atoms with Crippen LogP contribution in [0, 0.1) is 0 Å². The summed E-state index contributed by atoms with van der Waals surface area (Å²) in [5, 5.41) is 0. The van der Waals surface area contributed by atoms with Crippen molar-refractivity contribution < 1.29 is 0 Å². The van der Waals surface area contributed by atoms with Gasteiger partial charge in [0.1, 0.15) is 0 Å². The number of nitrogens with zero attached hydrogens (tertiary/aromatic N) is 1. The fourth-order valence-corrected chi connectivity index (χ4v) is 1.22. The molecule has 0 atom stereocenters. The van der Waals surface area contributed by atoms with Crippen LogP contribution in [0.3, 0.4) is 0 Å². The molecule has 0 aromatic heterocycles. The van der Waals surface area contributed by atoms with Crippen molar-refractivity contribution in [2.45, 2.75) is 12.8 Å². The molecule has 1 rings (SSSR count). The van der Waals surface area contributed by atoms with Crippen molar-refractivity contribution in [3.8, 4) is 0 Å². The highest BCUT2D eigenvalue weighted by molar-refractivity contribution is 5.65. The van der Waals surface area contributed by atoms with Gasteiger partial charge in [-0.05, 0) is 42.8 Å². The van der Waals surface area contributed by atoms with E-state index in [1.807, 2.05) is 30.3 Å². The monoisotopic (exact) mass is 185 g/mol. The zero-order valence-electron chi connectivity index (χ0n) is 8.37. The molecule has 0 amide bonds. The molecule has 1 heteroatoms. The molecule has 0 aliphatic carbocycles. The van der Waals surface area contributed by atoms with Crippen LogP contribution in [0.15, 0.2) is 48.5 Å². The Kier molecular flexibility index (Phi) is 3.86. The molecule has 0 spiro atoms. The van der Waals surface area contributed by atoms with Gasteiger partial charge in [-0.15, -0.1) is 6.58 Å². The van der Waals surface area contributed by atoms with Gasteiger partial charge in [-0.3, -0.25) is 4.99 Å². The molecule has 1 nitrogen and oxygen atoms in total. The summed E-state index contributed by atoms with van der Waals surface area (Å²) in [5.41, 5.74) is 3.20. The van der Waals surface area contributed by atoms with E-state index in [0.717, 1.165) is 24.1 Å². The number of hydrogen-bond donors (Lipinski definition) is 0. The second-order valence-corrected chi connectivity index (χ2v) is 3.14. The van der Waals surface area contributed by atoms with Crippen LogP contribution >= 0.6 is 0 Å². The molecule has 1 aromatic carbocycles. The zero-order chi connectivity index (χ0) is 10.4. The summed E-state index contributed by atoms with van der Waals surface area (Å²) in [6.45, 7) is 11.2. The maximum atomic E-state index is 4.02. The summed E-state index contributed by atoms with van der Waals surface area (Å²) in [7, 11) is 0. The maximum absolute atomic E-state index is 4.02. The van der Waals surface area contributed by atoms with Gasteiger partial charge in [0, 0.05) is 0 Å². The van der Waals surface area contributed by atoms with Crippen LogP contribution in [0.5, 0.6) is 0 Å². The van der Waals surface area contributed by atoms with Gasteiger partial charge in [-0.2, -0.15) is 0 Å². The number of hydrogen-bond acceptors (Lipinski definition) is 1. The molecule has 0 fully saturated rings. The minimum atomic E-state index is 0.894. The smallest absolute Gasteiger partial charge is 0.0622 e. The van der Waals surface area contributed by atoms with Gasteiger partial charge in [0.15, 0.2) is 0 Å². The van der Waals surface area contributed by atoms with Gasteiger partial charge in [0.2, 0.25) is 0 Å². The van der Waals surface area contributed by atoms with E-state index in [1.54, 1.807) is 0 Å². The minimum Gasteiger partial charge on any atom is -0.265 e. The first-order chi connectivity index (χ1) is 6.77. The zero-order valence-corrected chi connectivity index (χ0v) is 8.37. The topological polar surface area (TPSA) is 12.4 Å². The summed E-state index contributed by atoms with van der Waals surface area (Å²) in [6.07, 6.45) is 3.84. The Morgan fingerprint density at radius 3 is 2.43 bits per heavy atom. The van der Waals surface area contributed by atoms with E-state index in [1.165, 1.54) is 5.56 Å². The van der Waals surface area contributed by atoms with E-state index in [4.69, 9.17) is 0 Å². The number of rotatable bonds is 5. The van der Waals surface area contributed by atoms with Crippen LogP contribution < -0.4 is 0 Å². The molecule has 0 aliphatic rings. The van der Waals surface area contributed by atoms with Gasteiger partial charge in [-0.25, -0.2) is 0 Å². The lowest BCUT2D eigenvalue weighted by Gasteiger charge is -2.04. The highest BCUT2D eigenvalue weighted by Crippen LogP contribution is 2.20. The summed E-state index contributed by atoms with van der Waals surface area (Å²) >= 11 is 0. The van der Waals surface area contributed by atoms with E-state index in [2.05, 4.69) is 24.9 Å². The van der Waals surface area contributed by atoms with E-state index < -0.39 is 0 Å². The average Bonchev–Trinajstić information content (AvgIpc) is 2.26. The lowest BCUT2D eigenvalue weighted by molar-refractivity contribution is 1.08. The SMILES string of the molecule is C=CCCC(=C)c1ccc(N=C)cc1. The second kappa shape index (κ2) is 5.18. The predicted octanol–water partition coefficient (Wildman–Crippen LogP) is 4.00.